The zero-order valence-corrected chi connectivity index (χ0v) is 19.5. The Morgan fingerprint density at radius 2 is 1.97 bits per heavy atom. The Kier molecular flexibility index (Phi) is 5.85. The summed E-state index contributed by atoms with van der Waals surface area (Å²) in [7, 11) is 0. The smallest absolute Gasteiger partial charge is 0.274 e. The second-order valence-electron chi connectivity index (χ2n) is 8.38. The van der Waals surface area contributed by atoms with Gasteiger partial charge in [-0.15, -0.1) is 0 Å². The molecule has 0 radical (unpaired) electrons. The van der Waals surface area contributed by atoms with E-state index in [2.05, 4.69) is 20.4 Å². The number of fused-ring (bicyclic) bond motifs is 1. The molecule has 0 bridgehead atoms. The molecule has 33 heavy (non-hydrogen) atoms. The van der Waals surface area contributed by atoms with E-state index in [0.717, 1.165) is 0 Å². The zero-order valence-electron chi connectivity index (χ0n) is 18.0. The van der Waals surface area contributed by atoms with Crippen LogP contribution in [0.3, 0.4) is 0 Å². The number of nitrogens with zero attached hydrogens (tertiary/aromatic N) is 5. The molecule has 0 aliphatic rings. The van der Waals surface area contributed by atoms with Crippen molar-refractivity contribution in [1.82, 2.24) is 24.3 Å². The van der Waals surface area contributed by atoms with Crippen molar-refractivity contribution in [3.8, 4) is 5.75 Å². The molecule has 4 aromatic rings. The summed E-state index contributed by atoms with van der Waals surface area (Å²) in [6, 6.07) is 7.97. The first-order valence-electron chi connectivity index (χ1n) is 9.94. The van der Waals surface area contributed by atoms with E-state index in [9.17, 15) is 14.7 Å². The summed E-state index contributed by atoms with van der Waals surface area (Å²) in [5, 5.41) is 16.7. The number of carbonyl (C=O) groups is 1. The quantitative estimate of drug-likeness (QED) is 0.420. The van der Waals surface area contributed by atoms with Gasteiger partial charge < -0.3 is 10.4 Å². The van der Waals surface area contributed by atoms with Crippen molar-refractivity contribution in [3.05, 3.63) is 74.8 Å². The summed E-state index contributed by atoms with van der Waals surface area (Å²) in [6.45, 7) is 6.32. The van der Waals surface area contributed by atoms with Gasteiger partial charge in [-0.2, -0.15) is 5.10 Å². The van der Waals surface area contributed by atoms with Crippen molar-refractivity contribution in [3.63, 3.8) is 0 Å². The number of benzene rings is 1. The van der Waals surface area contributed by atoms with E-state index in [1.807, 2.05) is 37.7 Å². The van der Waals surface area contributed by atoms with E-state index < -0.39 is 11.7 Å². The van der Waals surface area contributed by atoms with E-state index in [-0.39, 0.29) is 44.6 Å². The molecule has 0 unspecified atom stereocenters. The van der Waals surface area contributed by atoms with Gasteiger partial charge in [-0.3, -0.25) is 18.8 Å². The fourth-order valence-electron chi connectivity index (χ4n) is 3.19. The minimum atomic E-state index is -0.648. The highest BCUT2D eigenvalue weighted by Crippen LogP contribution is 2.30. The lowest BCUT2D eigenvalue weighted by Crippen LogP contribution is -2.25. The van der Waals surface area contributed by atoms with Crippen LogP contribution in [-0.2, 0) is 12.1 Å². The highest BCUT2D eigenvalue weighted by atomic mass is 35.5. The Balaban J connectivity index is 1.69. The van der Waals surface area contributed by atoms with Gasteiger partial charge in [0.15, 0.2) is 10.9 Å². The molecular formula is C22H20Cl2N6O3. The lowest BCUT2D eigenvalue weighted by atomic mass is 10.1. The normalized spacial score (nSPS) is 11.7. The van der Waals surface area contributed by atoms with Gasteiger partial charge in [0.1, 0.15) is 5.69 Å². The topological polar surface area (TPSA) is 115 Å². The SMILES string of the molecule is CC(C)(C)n1ccc(Cn2cnc3cccc(NC(=O)c4cc(Cl)c(O)c(Cl)n4)c3c2=O)n1. The van der Waals surface area contributed by atoms with Crippen molar-refractivity contribution in [1.29, 1.82) is 0 Å². The van der Waals surface area contributed by atoms with E-state index in [1.54, 1.807) is 18.2 Å². The number of amides is 1. The van der Waals surface area contributed by atoms with Crippen LogP contribution in [0.4, 0.5) is 5.69 Å². The Labute approximate surface area is 198 Å². The number of hydrogen-bond acceptors (Lipinski definition) is 6. The second-order valence-corrected chi connectivity index (χ2v) is 9.15. The molecule has 1 aromatic carbocycles. The third-order valence-electron chi connectivity index (χ3n) is 4.90. The first kappa shape index (κ1) is 22.8. The molecule has 11 heteroatoms. The Morgan fingerprint density at radius 3 is 2.64 bits per heavy atom. The van der Waals surface area contributed by atoms with Crippen LogP contribution in [0.2, 0.25) is 10.2 Å². The lowest BCUT2D eigenvalue weighted by Gasteiger charge is -2.18. The summed E-state index contributed by atoms with van der Waals surface area (Å²) < 4.78 is 3.26. The Morgan fingerprint density at radius 1 is 1.21 bits per heavy atom. The maximum Gasteiger partial charge on any atom is 0.274 e. The first-order chi connectivity index (χ1) is 15.5. The van der Waals surface area contributed by atoms with E-state index in [4.69, 9.17) is 23.2 Å². The van der Waals surface area contributed by atoms with Gasteiger partial charge in [-0.05, 0) is 45.0 Å². The molecule has 0 aliphatic heterocycles. The molecule has 0 saturated carbocycles. The van der Waals surface area contributed by atoms with Crippen LogP contribution in [-0.4, -0.2) is 35.3 Å². The fraction of sp³-hybridized carbons (Fsp3) is 0.227. The van der Waals surface area contributed by atoms with Crippen LogP contribution in [0.1, 0.15) is 37.0 Å². The highest BCUT2D eigenvalue weighted by Gasteiger charge is 2.18. The molecule has 0 atom stereocenters. The van der Waals surface area contributed by atoms with Gasteiger partial charge in [0.2, 0.25) is 0 Å². The summed E-state index contributed by atoms with van der Waals surface area (Å²) >= 11 is 11.7. The molecule has 3 aromatic heterocycles. The largest absolute Gasteiger partial charge is 0.504 e. The molecule has 170 valence electrons. The number of anilines is 1. The number of aromatic hydroxyl groups is 1. The number of carbonyl (C=O) groups excluding carboxylic acids is 1. The first-order valence-corrected chi connectivity index (χ1v) is 10.7. The number of rotatable bonds is 4. The maximum absolute atomic E-state index is 13.3. The minimum Gasteiger partial charge on any atom is -0.504 e. The third kappa shape index (κ3) is 4.55. The van der Waals surface area contributed by atoms with Crippen molar-refractivity contribution < 1.29 is 9.90 Å². The molecule has 3 heterocycles. The van der Waals surface area contributed by atoms with E-state index in [0.29, 0.717) is 11.2 Å². The van der Waals surface area contributed by atoms with Crippen LogP contribution in [0.5, 0.6) is 5.75 Å². The molecule has 0 spiro atoms. The maximum atomic E-state index is 13.3. The van der Waals surface area contributed by atoms with Gasteiger partial charge in [0, 0.05) is 6.20 Å². The average molecular weight is 487 g/mol. The molecule has 1 amide bonds. The van der Waals surface area contributed by atoms with Crippen LogP contribution >= 0.6 is 23.2 Å². The van der Waals surface area contributed by atoms with Crippen LogP contribution in [0.15, 0.2) is 47.7 Å². The summed E-state index contributed by atoms with van der Waals surface area (Å²) in [4.78, 5) is 34.2. The number of pyridine rings is 1. The molecule has 2 N–H and O–H groups in total. The van der Waals surface area contributed by atoms with Crippen molar-refractivity contribution >= 4 is 45.7 Å². The van der Waals surface area contributed by atoms with Crippen molar-refractivity contribution in [2.45, 2.75) is 32.9 Å². The molecule has 0 aliphatic carbocycles. The highest BCUT2D eigenvalue weighted by molar-refractivity contribution is 6.36. The van der Waals surface area contributed by atoms with Crippen LogP contribution in [0, 0.1) is 0 Å². The molecule has 0 fully saturated rings. The lowest BCUT2D eigenvalue weighted by molar-refractivity contribution is 0.102. The zero-order chi connectivity index (χ0) is 23.9. The Bertz CT molecular complexity index is 1420. The van der Waals surface area contributed by atoms with Crippen molar-refractivity contribution in [2.24, 2.45) is 0 Å². The van der Waals surface area contributed by atoms with Gasteiger partial charge in [0.25, 0.3) is 11.5 Å². The van der Waals surface area contributed by atoms with Crippen LogP contribution < -0.4 is 10.9 Å². The average Bonchev–Trinajstić information content (AvgIpc) is 3.23. The second kappa shape index (κ2) is 8.49. The standard InChI is InChI=1S/C22H20Cl2N6O3/c1-22(2,3)30-8-7-12(28-30)10-29-11-25-14-5-4-6-15(17(14)21(29)33)27-20(32)16-9-13(23)18(31)19(24)26-16/h4-9,11,31H,10H2,1-3H3,(H,27,32). The third-order valence-corrected chi connectivity index (χ3v) is 5.45. The Hall–Kier alpha value is -3.43. The summed E-state index contributed by atoms with van der Waals surface area (Å²) in [5.41, 5.74) is 0.742. The number of nitrogens with one attached hydrogen (secondary N) is 1. The fourth-order valence-corrected chi connectivity index (χ4v) is 3.63. The molecule has 9 nitrogen and oxygen atoms in total. The molecule has 0 saturated heterocycles. The van der Waals surface area contributed by atoms with Gasteiger partial charge in [0.05, 0.1) is 45.7 Å². The van der Waals surface area contributed by atoms with Gasteiger partial charge in [-0.1, -0.05) is 29.3 Å². The number of aromatic nitrogens is 5. The minimum absolute atomic E-state index is 0.114. The predicted molar refractivity (Wildman–Crippen MR) is 126 cm³/mol. The molecular weight excluding hydrogens is 467 g/mol. The van der Waals surface area contributed by atoms with Gasteiger partial charge >= 0.3 is 0 Å². The number of halogens is 2. The predicted octanol–water partition coefficient (Wildman–Crippen LogP) is 4.06. The van der Waals surface area contributed by atoms with Crippen molar-refractivity contribution in [2.75, 3.05) is 5.32 Å². The number of hydrogen-bond donors (Lipinski definition) is 2. The summed E-state index contributed by atoms with van der Waals surface area (Å²) in [5.74, 6) is -1.06. The summed E-state index contributed by atoms with van der Waals surface area (Å²) in [6.07, 6.45) is 3.31. The van der Waals surface area contributed by atoms with Gasteiger partial charge in [-0.25, -0.2) is 9.97 Å². The van der Waals surface area contributed by atoms with E-state index >= 15 is 0 Å². The van der Waals surface area contributed by atoms with Crippen LogP contribution in [0.25, 0.3) is 10.9 Å². The molecule has 4 rings (SSSR count). The van der Waals surface area contributed by atoms with E-state index in [1.165, 1.54) is 17.0 Å². The monoisotopic (exact) mass is 486 g/mol.